The molecule has 134 valence electrons. The lowest BCUT2D eigenvalue weighted by Crippen LogP contribution is -2.28. The van der Waals surface area contributed by atoms with Gasteiger partial charge < -0.3 is 5.32 Å². The van der Waals surface area contributed by atoms with Gasteiger partial charge in [-0.25, -0.2) is 4.68 Å². The number of nitrogens with one attached hydrogen (secondary N) is 1. The van der Waals surface area contributed by atoms with Gasteiger partial charge in [-0.2, -0.15) is 0 Å². The van der Waals surface area contributed by atoms with Crippen LogP contribution in [0.25, 0.3) is 0 Å². The highest BCUT2D eigenvalue weighted by Crippen LogP contribution is 2.29. The Kier molecular flexibility index (Phi) is 5.10. The highest BCUT2D eigenvalue weighted by Gasteiger charge is 2.29. The zero-order valence-electron chi connectivity index (χ0n) is 14.6. The molecule has 1 fully saturated rings. The molecule has 0 bridgehead atoms. The Labute approximate surface area is 162 Å². The summed E-state index contributed by atoms with van der Waals surface area (Å²) in [5.41, 5.74) is 3.53. The molecule has 26 heavy (non-hydrogen) atoms. The van der Waals surface area contributed by atoms with Crippen LogP contribution < -0.4 is 5.32 Å². The average molecular weight is 384 g/mol. The van der Waals surface area contributed by atoms with Crippen LogP contribution in [0, 0.1) is 10.9 Å². The molecule has 1 aliphatic rings. The lowest BCUT2D eigenvalue weighted by Gasteiger charge is -2.21. The lowest BCUT2D eigenvalue weighted by molar-refractivity contribution is 0.187. The topological polar surface area (TPSA) is 46.0 Å². The lowest BCUT2D eigenvalue weighted by atomic mass is 10.2. The number of anilines is 2. The smallest absolute Gasteiger partial charge is 0.209 e. The first-order valence-corrected chi connectivity index (χ1v) is 9.94. The van der Waals surface area contributed by atoms with Crippen molar-refractivity contribution in [2.24, 2.45) is 0 Å². The molecule has 5 nitrogen and oxygen atoms in total. The standard InChI is InChI=1S/C19H21N5S2/c1-14-3-2-4-16(11-14)21-18-22-24(19(25)26-18)13-23(17-5-6-17)12-15-7-9-20-10-8-15/h2-4,7-11,17H,5-6,12-13H2,1H3,(H,21,22). The maximum absolute atomic E-state index is 5.55. The van der Waals surface area contributed by atoms with Crippen molar-refractivity contribution in [3.8, 4) is 0 Å². The van der Waals surface area contributed by atoms with Gasteiger partial charge in [0.25, 0.3) is 0 Å². The summed E-state index contributed by atoms with van der Waals surface area (Å²) >= 11 is 7.06. The molecule has 3 aromatic rings. The molecule has 0 spiro atoms. The van der Waals surface area contributed by atoms with E-state index < -0.39 is 0 Å². The molecule has 0 amide bonds. The van der Waals surface area contributed by atoms with Crippen molar-refractivity contribution >= 4 is 34.4 Å². The van der Waals surface area contributed by atoms with Gasteiger partial charge in [0, 0.05) is 30.7 Å². The van der Waals surface area contributed by atoms with Crippen molar-refractivity contribution in [2.45, 2.75) is 39.0 Å². The van der Waals surface area contributed by atoms with Crippen LogP contribution in [-0.4, -0.2) is 25.7 Å². The maximum atomic E-state index is 5.55. The Morgan fingerprint density at radius 1 is 1.27 bits per heavy atom. The highest BCUT2D eigenvalue weighted by molar-refractivity contribution is 7.73. The van der Waals surface area contributed by atoms with Gasteiger partial charge in [0.1, 0.15) is 0 Å². The zero-order valence-corrected chi connectivity index (χ0v) is 16.3. The first-order valence-electron chi connectivity index (χ1n) is 8.72. The van der Waals surface area contributed by atoms with E-state index in [4.69, 9.17) is 17.3 Å². The predicted octanol–water partition coefficient (Wildman–Crippen LogP) is 4.74. The summed E-state index contributed by atoms with van der Waals surface area (Å²) in [5.74, 6) is 0. The molecule has 0 unspecified atom stereocenters. The van der Waals surface area contributed by atoms with Gasteiger partial charge in [-0.3, -0.25) is 9.88 Å². The summed E-state index contributed by atoms with van der Waals surface area (Å²) in [4.78, 5) is 6.55. The number of pyridine rings is 1. The Morgan fingerprint density at radius 3 is 2.81 bits per heavy atom. The van der Waals surface area contributed by atoms with Crippen LogP contribution in [0.1, 0.15) is 24.0 Å². The monoisotopic (exact) mass is 383 g/mol. The van der Waals surface area contributed by atoms with Crippen molar-refractivity contribution in [3.63, 3.8) is 0 Å². The van der Waals surface area contributed by atoms with E-state index in [1.165, 1.54) is 35.3 Å². The molecule has 0 atom stereocenters. The first kappa shape index (κ1) is 17.3. The van der Waals surface area contributed by atoms with E-state index in [1.807, 2.05) is 29.2 Å². The van der Waals surface area contributed by atoms with Crippen LogP contribution in [0.3, 0.4) is 0 Å². The molecule has 1 N–H and O–H groups in total. The molecule has 1 saturated carbocycles. The predicted molar refractivity (Wildman–Crippen MR) is 108 cm³/mol. The van der Waals surface area contributed by atoms with Crippen LogP contribution in [0.4, 0.5) is 10.8 Å². The van der Waals surface area contributed by atoms with Gasteiger partial charge in [0.05, 0.1) is 6.67 Å². The third kappa shape index (κ3) is 4.35. The second kappa shape index (κ2) is 7.65. The largest absolute Gasteiger partial charge is 0.330 e. The fraction of sp³-hybridized carbons (Fsp3) is 0.316. The molecule has 0 saturated heterocycles. The third-order valence-corrected chi connectivity index (χ3v) is 5.61. The minimum Gasteiger partial charge on any atom is -0.330 e. The summed E-state index contributed by atoms with van der Waals surface area (Å²) in [5, 5.41) is 8.89. The molecule has 7 heteroatoms. The number of rotatable bonds is 7. The minimum absolute atomic E-state index is 0.625. The number of nitrogens with zero attached hydrogens (tertiary/aromatic N) is 4. The number of hydrogen-bond donors (Lipinski definition) is 1. The Balaban J connectivity index is 1.48. The molecular formula is C19H21N5S2. The normalized spacial score (nSPS) is 13.9. The summed E-state index contributed by atoms with van der Waals surface area (Å²) in [6.07, 6.45) is 6.19. The fourth-order valence-electron chi connectivity index (χ4n) is 2.92. The van der Waals surface area contributed by atoms with Gasteiger partial charge in [0.15, 0.2) is 3.95 Å². The van der Waals surface area contributed by atoms with Crippen LogP contribution >= 0.6 is 23.6 Å². The number of aromatic nitrogens is 3. The third-order valence-electron chi connectivity index (χ3n) is 4.39. The van der Waals surface area contributed by atoms with Crippen LogP contribution in [-0.2, 0) is 13.2 Å². The SMILES string of the molecule is Cc1cccc(Nc2nn(CN(Cc3ccncc3)C3CC3)c(=S)s2)c1. The van der Waals surface area contributed by atoms with Gasteiger partial charge in [-0.05, 0) is 67.4 Å². The van der Waals surface area contributed by atoms with Gasteiger partial charge in [-0.15, -0.1) is 5.10 Å². The first-order chi connectivity index (χ1) is 12.7. The summed E-state index contributed by atoms with van der Waals surface area (Å²) in [6, 6.07) is 13.0. The highest BCUT2D eigenvalue weighted by atomic mass is 32.1. The Hall–Kier alpha value is -2.09. The van der Waals surface area contributed by atoms with Crippen molar-refractivity contribution in [2.75, 3.05) is 5.32 Å². The second-order valence-electron chi connectivity index (χ2n) is 6.64. The Bertz CT molecular complexity index is 930. The zero-order chi connectivity index (χ0) is 17.9. The van der Waals surface area contributed by atoms with E-state index in [9.17, 15) is 0 Å². The molecule has 2 heterocycles. The van der Waals surface area contributed by atoms with Crippen LogP contribution in [0.5, 0.6) is 0 Å². The van der Waals surface area contributed by atoms with E-state index >= 15 is 0 Å². The summed E-state index contributed by atoms with van der Waals surface area (Å²) < 4.78 is 2.72. The fourth-order valence-corrected chi connectivity index (χ4v) is 3.93. The number of benzene rings is 1. The van der Waals surface area contributed by atoms with Crippen molar-refractivity contribution in [1.82, 2.24) is 19.7 Å². The molecule has 0 aliphatic heterocycles. The van der Waals surface area contributed by atoms with Crippen molar-refractivity contribution in [3.05, 3.63) is 63.9 Å². The van der Waals surface area contributed by atoms with Gasteiger partial charge in [0.2, 0.25) is 5.13 Å². The number of aryl methyl sites for hydroxylation is 1. The molecule has 0 radical (unpaired) electrons. The summed E-state index contributed by atoms with van der Waals surface area (Å²) in [6.45, 7) is 3.70. The van der Waals surface area contributed by atoms with E-state index in [-0.39, 0.29) is 0 Å². The second-order valence-corrected chi connectivity index (χ2v) is 8.26. The van der Waals surface area contributed by atoms with Crippen LogP contribution in [0.15, 0.2) is 48.8 Å². The molecular weight excluding hydrogens is 362 g/mol. The average Bonchev–Trinajstić information content (AvgIpc) is 3.41. The number of hydrogen-bond acceptors (Lipinski definition) is 6. The Morgan fingerprint density at radius 2 is 2.08 bits per heavy atom. The molecule has 4 rings (SSSR count). The molecule has 1 aromatic carbocycles. The maximum Gasteiger partial charge on any atom is 0.209 e. The van der Waals surface area contributed by atoms with Gasteiger partial charge >= 0.3 is 0 Å². The van der Waals surface area contributed by atoms with E-state index in [0.717, 1.165) is 28.0 Å². The molecule has 2 aromatic heterocycles. The quantitative estimate of drug-likeness (QED) is 0.597. The van der Waals surface area contributed by atoms with Crippen molar-refractivity contribution < 1.29 is 0 Å². The van der Waals surface area contributed by atoms with Crippen LogP contribution in [0.2, 0.25) is 0 Å². The molecule has 1 aliphatic carbocycles. The minimum atomic E-state index is 0.625. The van der Waals surface area contributed by atoms with Crippen molar-refractivity contribution in [1.29, 1.82) is 0 Å². The van der Waals surface area contributed by atoms with Gasteiger partial charge in [-0.1, -0.05) is 23.5 Å². The summed E-state index contributed by atoms with van der Waals surface area (Å²) in [7, 11) is 0. The van der Waals surface area contributed by atoms with E-state index in [2.05, 4.69) is 46.4 Å². The van der Waals surface area contributed by atoms with E-state index in [1.54, 1.807) is 0 Å². The van der Waals surface area contributed by atoms with E-state index in [0.29, 0.717) is 6.04 Å².